The fraction of sp³-hybridized carbons (Fsp3) is 0.462. The second-order valence-electron chi connectivity index (χ2n) is 9.33. The van der Waals surface area contributed by atoms with Crippen LogP contribution in [0.2, 0.25) is 0 Å². The molecule has 7 atom stereocenters. The number of hydrogen-bond acceptors (Lipinski definition) is 4. The number of nitrogens with two attached hydrogens (primary N) is 1. The van der Waals surface area contributed by atoms with E-state index in [0.717, 1.165) is 36.9 Å². The van der Waals surface area contributed by atoms with E-state index in [4.69, 9.17) is 10.5 Å². The van der Waals surface area contributed by atoms with Crippen LogP contribution in [0, 0.1) is 29.6 Å². The van der Waals surface area contributed by atoms with Gasteiger partial charge in [-0.2, -0.15) is 0 Å². The van der Waals surface area contributed by atoms with E-state index in [1.54, 1.807) is 0 Å². The van der Waals surface area contributed by atoms with Crippen LogP contribution in [0.1, 0.15) is 38.3 Å². The van der Waals surface area contributed by atoms with Gasteiger partial charge in [-0.1, -0.05) is 42.5 Å². The first kappa shape index (κ1) is 19.5. The summed E-state index contributed by atoms with van der Waals surface area (Å²) in [6.07, 6.45) is 10.6. The lowest BCUT2D eigenvalue weighted by Crippen LogP contribution is -2.46. The zero-order valence-electron chi connectivity index (χ0n) is 17.5. The maximum absolute atomic E-state index is 12.5. The summed E-state index contributed by atoms with van der Waals surface area (Å²) in [5, 5.41) is 0. The zero-order valence-corrected chi connectivity index (χ0v) is 17.5. The van der Waals surface area contributed by atoms with Crippen molar-refractivity contribution in [3.63, 3.8) is 0 Å². The van der Waals surface area contributed by atoms with Crippen LogP contribution in [0.5, 0.6) is 0 Å². The Morgan fingerprint density at radius 2 is 1.90 bits per heavy atom. The molecule has 1 aromatic carbocycles. The van der Waals surface area contributed by atoms with Crippen molar-refractivity contribution >= 4 is 12.0 Å². The van der Waals surface area contributed by atoms with Crippen molar-refractivity contribution < 1.29 is 9.53 Å². The Morgan fingerprint density at radius 1 is 1.07 bits per heavy atom. The number of rotatable bonds is 3. The van der Waals surface area contributed by atoms with E-state index in [0.29, 0.717) is 17.8 Å². The van der Waals surface area contributed by atoms with Gasteiger partial charge in [-0.25, -0.2) is 0 Å². The van der Waals surface area contributed by atoms with E-state index in [1.807, 2.05) is 24.4 Å². The number of fused-ring (bicyclic) bond motifs is 2. The molecule has 0 spiro atoms. The molecule has 1 aromatic heterocycles. The molecule has 5 rings (SSSR count). The second-order valence-corrected chi connectivity index (χ2v) is 9.33. The number of ether oxygens (including phenoxy) is 1. The van der Waals surface area contributed by atoms with Gasteiger partial charge >= 0.3 is 5.97 Å². The molecule has 156 valence electrons. The van der Waals surface area contributed by atoms with Gasteiger partial charge in [0, 0.05) is 23.7 Å². The largest absolute Gasteiger partial charge is 0.462 e. The lowest BCUT2D eigenvalue weighted by Gasteiger charge is -2.47. The number of carbonyl (C=O) groups is 1. The topological polar surface area (TPSA) is 65.2 Å². The van der Waals surface area contributed by atoms with Crippen molar-refractivity contribution in [2.24, 2.45) is 35.3 Å². The summed E-state index contributed by atoms with van der Waals surface area (Å²) in [7, 11) is 0. The van der Waals surface area contributed by atoms with Crippen LogP contribution in [-0.2, 0) is 9.53 Å². The van der Waals surface area contributed by atoms with Crippen LogP contribution in [0.15, 0.2) is 54.7 Å². The number of aromatic nitrogens is 1. The predicted octanol–water partition coefficient (Wildman–Crippen LogP) is 4.70. The molecular formula is C26H30N2O2. The fourth-order valence-electron chi connectivity index (χ4n) is 6.17. The standard InChI is InChI=1S/C26H30N2O2/c1-16-25-23(22-11-8-20(27)13-19(22)14-24(25)26(29)30-16)12-10-21-9-7-18(15-28-21)17-5-3-2-4-6-17/h2-7,9-10,12,15-16,19-20,22-25H,8,11,13-14,27H2,1H3/b12-10+. The molecule has 30 heavy (non-hydrogen) atoms. The number of carbonyl (C=O) groups excluding carboxylic acids is 1. The van der Waals surface area contributed by atoms with Gasteiger partial charge in [-0.3, -0.25) is 9.78 Å². The molecule has 4 nitrogen and oxygen atoms in total. The van der Waals surface area contributed by atoms with Gasteiger partial charge in [-0.15, -0.1) is 0 Å². The van der Waals surface area contributed by atoms with E-state index in [-0.39, 0.29) is 30.0 Å². The predicted molar refractivity (Wildman–Crippen MR) is 118 cm³/mol. The average molecular weight is 403 g/mol. The van der Waals surface area contributed by atoms with Gasteiger partial charge in [0.15, 0.2) is 0 Å². The maximum Gasteiger partial charge on any atom is 0.309 e. The van der Waals surface area contributed by atoms with Gasteiger partial charge in [-0.05, 0) is 68.1 Å². The number of esters is 1. The number of allylic oxidation sites excluding steroid dienone is 1. The van der Waals surface area contributed by atoms with Gasteiger partial charge in [0.2, 0.25) is 0 Å². The Kier molecular flexibility index (Phi) is 5.20. The van der Waals surface area contributed by atoms with Crippen molar-refractivity contribution in [2.45, 2.75) is 44.8 Å². The molecule has 2 saturated carbocycles. The lowest BCUT2D eigenvalue weighted by molar-refractivity contribution is -0.144. The monoisotopic (exact) mass is 402 g/mol. The molecular weight excluding hydrogens is 372 g/mol. The minimum absolute atomic E-state index is 0.00571. The van der Waals surface area contributed by atoms with Crippen LogP contribution < -0.4 is 5.73 Å². The summed E-state index contributed by atoms with van der Waals surface area (Å²) in [5.74, 6) is 1.74. The molecule has 2 aliphatic carbocycles. The first-order valence-electron chi connectivity index (χ1n) is 11.3. The van der Waals surface area contributed by atoms with E-state index in [1.165, 1.54) is 5.56 Å². The van der Waals surface area contributed by atoms with Crippen LogP contribution >= 0.6 is 0 Å². The van der Waals surface area contributed by atoms with Gasteiger partial charge in [0.05, 0.1) is 11.6 Å². The Balaban J connectivity index is 1.39. The summed E-state index contributed by atoms with van der Waals surface area (Å²) in [6, 6.07) is 14.8. The lowest BCUT2D eigenvalue weighted by atomic mass is 9.57. The molecule has 1 aliphatic heterocycles. The molecule has 3 aliphatic rings. The normalized spacial score (nSPS) is 35.7. The number of benzene rings is 1. The third-order valence-corrected chi connectivity index (χ3v) is 7.57. The number of nitrogens with zero attached hydrogens (tertiary/aromatic N) is 1. The summed E-state index contributed by atoms with van der Waals surface area (Å²) < 4.78 is 5.67. The Bertz CT molecular complexity index is 924. The fourth-order valence-corrected chi connectivity index (χ4v) is 6.17. The average Bonchev–Trinajstić information content (AvgIpc) is 3.05. The van der Waals surface area contributed by atoms with E-state index < -0.39 is 0 Å². The van der Waals surface area contributed by atoms with Crippen molar-refractivity contribution in [2.75, 3.05) is 0 Å². The van der Waals surface area contributed by atoms with Crippen molar-refractivity contribution in [3.05, 3.63) is 60.4 Å². The highest BCUT2D eigenvalue weighted by atomic mass is 16.6. The molecule has 4 heteroatoms. The number of hydrogen-bond donors (Lipinski definition) is 1. The molecule has 1 saturated heterocycles. The highest BCUT2D eigenvalue weighted by Gasteiger charge is 2.54. The van der Waals surface area contributed by atoms with Gasteiger partial charge in [0.25, 0.3) is 0 Å². The molecule has 0 amide bonds. The van der Waals surface area contributed by atoms with Crippen molar-refractivity contribution in [1.29, 1.82) is 0 Å². The summed E-state index contributed by atoms with van der Waals surface area (Å²) in [5.41, 5.74) is 9.52. The second kappa shape index (κ2) is 7.99. The molecule has 2 heterocycles. The Hall–Kier alpha value is -2.46. The van der Waals surface area contributed by atoms with Crippen LogP contribution in [0.3, 0.4) is 0 Å². The SMILES string of the molecule is CC1OC(=O)C2CC3CC(N)CCC3C(/C=C/c3ccc(-c4ccccc4)cn3)C12. The van der Waals surface area contributed by atoms with Crippen LogP contribution in [-0.4, -0.2) is 23.1 Å². The van der Waals surface area contributed by atoms with Gasteiger partial charge in [0.1, 0.15) is 6.10 Å². The minimum atomic E-state index is -0.0119. The molecule has 7 unspecified atom stereocenters. The molecule has 0 bridgehead atoms. The zero-order chi connectivity index (χ0) is 20.7. The summed E-state index contributed by atoms with van der Waals surface area (Å²) in [4.78, 5) is 17.1. The quantitative estimate of drug-likeness (QED) is 0.756. The van der Waals surface area contributed by atoms with E-state index in [2.05, 4.69) is 48.3 Å². The van der Waals surface area contributed by atoms with Crippen LogP contribution in [0.25, 0.3) is 17.2 Å². The first-order chi connectivity index (χ1) is 14.6. The third kappa shape index (κ3) is 3.58. The Labute approximate surface area is 178 Å². The smallest absolute Gasteiger partial charge is 0.309 e. The highest BCUT2D eigenvalue weighted by Crippen LogP contribution is 2.53. The minimum Gasteiger partial charge on any atom is -0.462 e. The van der Waals surface area contributed by atoms with Gasteiger partial charge < -0.3 is 10.5 Å². The Morgan fingerprint density at radius 3 is 2.67 bits per heavy atom. The third-order valence-electron chi connectivity index (χ3n) is 7.57. The number of pyridine rings is 1. The summed E-state index contributed by atoms with van der Waals surface area (Å²) >= 11 is 0. The molecule has 0 radical (unpaired) electrons. The van der Waals surface area contributed by atoms with Crippen molar-refractivity contribution in [1.82, 2.24) is 4.98 Å². The number of cyclic esters (lactones) is 1. The van der Waals surface area contributed by atoms with E-state index in [9.17, 15) is 4.79 Å². The van der Waals surface area contributed by atoms with Crippen LogP contribution in [0.4, 0.5) is 0 Å². The summed E-state index contributed by atoms with van der Waals surface area (Å²) in [6.45, 7) is 2.06. The molecule has 3 fully saturated rings. The molecule has 2 aromatic rings. The maximum atomic E-state index is 12.5. The first-order valence-corrected chi connectivity index (χ1v) is 11.3. The van der Waals surface area contributed by atoms with Crippen molar-refractivity contribution in [3.8, 4) is 11.1 Å². The van der Waals surface area contributed by atoms with E-state index >= 15 is 0 Å². The molecule has 2 N–H and O–H groups in total. The highest BCUT2D eigenvalue weighted by molar-refractivity contribution is 5.75.